The smallest absolute Gasteiger partial charge is 0.239 e. The van der Waals surface area contributed by atoms with Gasteiger partial charge in [-0.3, -0.25) is 4.79 Å². The highest BCUT2D eigenvalue weighted by molar-refractivity contribution is 5.81. The molecule has 82 valence electrons. The van der Waals surface area contributed by atoms with Crippen molar-refractivity contribution in [2.45, 2.75) is 38.8 Å². The van der Waals surface area contributed by atoms with Crippen LogP contribution in [-0.4, -0.2) is 41.1 Å². The van der Waals surface area contributed by atoms with Gasteiger partial charge in [-0.1, -0.05) is 6.92 Å². The molecule has 0 aromatic rings. The molecule has 0 unspecified atom stereocenters. The van der Waals surface area contributed by atoms with Gasteiger partial charge in [0.1, 0.15) is 0 Å². The summed E-state index contributed by atoms with van der Waals surface area (Å²) in [6.45, 7) is 5.03. The van der Waals surface area contributed by atoms with Gasteiger partial charge in [-0.05, 0) is 19.8 Å². The van der Waals surface area contributed by atoms with Crippen LogP contribution in [0.1, 0.15) is 26.7 Å². The van der Waals surface area contributed by atoms with E-state index in [9.17, 15) is 9.90 Å². The molecule has 0 spiro atoms. The molecule has 1 aliphatic rings. The fraction of sp³-hybridized carbons (Fsp3) is 0.900. The molecule has 4 nitrogen and oxygen atoms in total. The second-order valence-corrected chi connectivity index (χ2v) is 4.10. The number of hydrogen-bond acceptors (Lipinski definition) is 3. The molecular weight excluding hydrogens is 180 g/mol. The van der Waals surface area contributed by atoms with Crippen LogP contribution in [0.4, 0.5) is 0 Å². The summed E-state index contributed by atoms with van der Waals surface area (Å²) < 4.78 is 0. The Hall–Kier alpha value is -0.610. The molecule has 14 heavy (non-hydrogen) atoms. The summed E-state index contributed by atoms with van der Waals surface area (Å²) in [5.74, 6) is 0.210. The van der Waals surface area contributed by atoms with E-state index in [0.29, 0.717) is 19.5 Å². The zero-order chi connectivity index (χ0) is 10.7. The number of rotatable bonds is 2. The molecule has 0 bridgehead atoms. The summed E-state index contributed by atoms with van der Waals surface area (Å²) >= 11 is 0. The summed E-state index contributed by atoms with van der Waals surface area (Å²) in [7, 11) is 0. The van der Waals surface area contributed by atoms with Gasteiger partial charge in [0.25, 0.3) is 0 Å². The molecule has 1 aliphatic heterocycles. The Labute approximate surface area is 85.1 Å². The second-order valence-electron chi connectivity index (χ2n) is 4.10. The molecule has 0 aromatic heterocycles. The monoisotopic (exact) mass is 200 g/mol. The van der Waals surface area contributed by atoms with Gasteiger partial charge in [-0.25, -0.2) is 0 Å². The van der Waals surface area contributed by atoms with E-state index >= 15 is 0 Å². The van der Waals surface area contributed by atoms with Gasteiger partial charge in [-0.2, -0.15) is 0 Å². The second kappa shape index (κ2) is 4.75. The number of aliphatic hydroxyl groups is 1. The first-order valence-electron chi connectivity index (χ1n) is 5.28. The fourth-order valence-electron chi connectivity index (χ4n) is 1.91. The van der Waals surface area contributed by atoms with Crippen LogP contribution in [0.2, 0.25) is 0 Å². The summed E-state index contributed by atoms with van der Waals surface area (Å²) in [5, 5.41) is 9.64. The van der Waals surface area contributed by atoms with Gasteiger partial charge in [0.05, 0.1) is 12.1 Å². The van der Waals surface area contributed by atoms with Crippen LogP contribution in [0.3, 0.4) is 0 Å². The normalized spacial score (nSPS) is 30.1. The number of amides is 1. The third kappa shape index (κ3) is 2.45. The third-order valence-corrected chi connectivity index (χ3v) is 2.92. The number of carbonyl (C=O) groups is 1. The maximum Gasteiger partial charge on any atom is 0.239 e. The average molecular weight is 200 g/mol. The molecule has 0 radical (unpaired) electrons. The number of hydrogen-bond donors (Lipinski definition) is 2. The van der Waals surface area contributed by atoms with Crippen LogP contribution in [0, 0.1) is 5.92 Å². The predicted molar refractivity (Wildman–Crippen MR) is 54.6 cm³/mol. The first kappa shape index (κ1) is 11.5. The third-order valence-electron chi connectivity index (χ3n) is 2.92. The summed E-state index contributed by atoms with van der Waals surface area (Å²) in [4.78, 5) is 13.4. The van der Waals surface area contributed by atoms with Gasteiger partial charge in [0.15, 0.2) is 0 Å². The van der Waals surface area contributed by atoms with Gasteiger partial charge in [0.2, 0.25) is 5.91 Å². The minimum Gasteiger partial charge on any atom is -0.393 e. The Bertz CT molecular complexity index is 206. The largest absolute Gasteiger partial charge is 0.393 e. The lowest BCUT2D eigenvalue weighted by Crippen LogP contribution is -2.50. The van der Waals surface area contributed by atoms with Gasteiger partial charge < -0.3 is 15.7 Å². The average Bonchev–Trinajstić information content (AvgIpc) is 2.17. The van der Waals surface area contributed by atoms with Crippen LogP contribution in [-0.2, 0) is 4.79 Å². The molecule has 1 rings (SSSR count). The SMILES string of the molecule is CC[C@@H]1CN(C(=O)[C@H](C)N)CC[C@H]1O. The van der Waals surface area contributed by atoms with Crippen LogP contribution in [0.15, 0.2) is 0 Å². The van der Waals surface area contributed by atoms with Crippen molar-refractivity contribution in [2.75, 3.05) is 13.1 Å². The zero-order valence-electron chi connectivity index (χ0n) is 8.94. The maximum absolute atomic E-state index is 11.6. The van der Waals surface area contributed by atoms with E-state index in [2.05, 4.69) is 0 Å². The Morgan fingerprint density at radius 1 is 1.71 bits per heavy atom. The highest BCUT2D eigenvalue weighted by Crippen LogP contribution is 2.20. The molecule has 1 saturated heterocycles. The lowest BCUT2D eigenvalue weighted by atomic mass is 9.92. The van der Waals surface area contributed by atoms with Crippen LogP contribution < -0.4 is 5.73 Å². The first-order chi connectivity index (χ1) is 6.56. The molecule has 1 fully saturated rings. The van der Waals surface area contributed by atoms with Crippen molar-refractivity contribution in [1.29, 1.82) is 0 Å². The minimum atomic E-state index is -0.428. The van der Waals surface area contributed by atoms with Crippen molar-refractivity contribution in [1.82, 2.24) is 4.90 Å². The van der Waals surface area contributed by atoms with E-state index in [4.69, 9.17) is 5.73 Å². The lowest BCUT2D eigenvalue weighted by molar-refractivity contribution is -0.136. The van der Waals surface area contributed by atoms with Crippen molar-refractivity contribution in [2.24, 2.45) is 11.7 Å². The fourth-order valence-corrected chi connectivity index (χ4v) is 1.91. The lowest BCUT2D eigenvalue weighted by Gasteiger charge is -2.36. The summed E-state index contributed by atoms with van der Waals surface area (Å²) in [6, 6.07) is -0.428. The topological polar surface area (TPSA) is 66.6 Å². The number of nitrogens with zero attached hydrogens (tertiary/aromatic N) is 1. The van der Waals surface area contributed by atoms with Crippen molar-refractivity contribution < 1.29 is 9.90 Å². The number of aliphatic hydroxyl groups excluding tert-OH is 1. The molecule has 0 aliphatic carbocycles. The summed E-state index contributed by atoms with van der Waals surface area (Å²) in [6.07, 6.45) is 1.33. The molecule has 1 heterocycles. The van der Waals surface area contributed by atoms with Gasteiger partial charge in [-0.15, -0.1) is 0 Å². The number of piperidine rings is 1. The Morgan fingerprint density at radius 3 is 2.86 bits per heavy atom. The Morgan fingerprint density at radius 2 is 2.36 bits per heavy atom. The number of carbonyl (C=O) groups excluding carboxylic acids is 1. The molecule has 0 aromatic carbocycles. The van der Waals surface area contributed by atoms with Crippen LogP contribution in [0.25, 0.3) is 0 Å². The Balaban J connectivity index is 2.54. The van der Waals surface area contributed by atoms with Crippen molar-refractivity contribution in [3.05, 3.63) is 0 Å². The Kier molecular flexibility index (Phi) is 3.89. The van der Waals surface area contributed by atoms with E-state index < -0.39 is 6.04 Å². The van der Waals surface area contributed by atoms with E-state index in [1.165, 1.54) is 0 Å². The maximum atomic E-state index is 11.6. The predicted octanol–water partition coefficient (Wildman–Crippen LogP) is -0.0470. The van der Waals surface area contributed by atoms with Crippen LogP contribution >= 0.6 is 0 Å². The number of likely N-dealkylation sites (tertiary alicyclic amines) is 1. The van der Waals surface area contributed by atoms with Crippen molar-refractivity contribution in [3.63, 3.8) is 0 Å². The number of nitrogens with two attached hydrogens (primary N) is 1. The summed E-state index contributed by atoms with van der Waals surface area (Å²) in [5.41, 5.74) is 5.53. The highest BCUT2D eigenvalue weighted by Gasteiger charge is 2.29. The molecule has 0 saturated carbocycles. The van der Waals surface area contributed by atoms with Gasteiger partial charge >= 0.3 is 0 Å². The molecule has 3 atom stereocenters. The minimum absolute atomic E-state index is 0.00431. The molecule has 3 N–H and O–H groups in total. The van der Waals surface area contributed by atoms with Crippen LogP contribution in [0.5, 0.6) is 0 Å². The first-order valence-corrected chi connectivity index (χ1v) is 5.28. The van der Waals surface area contributed by atoms with Crippen molar-refractivity contribution >= 4 is 5.91 Å². The molecule has 1 amide bonds. The van der Waals surface area contributed by atoms with E-state index in [1.54, 1.807) is 11.8 Å². The van der Waals surface area contributed by atoms with Gasteiger partial charge in [0, 0.05) is 19.0 Å². The molecular formula is C10H20N2O2. The highest BCUT2D eigenvalue weighted by atomic mass is 16.3. The van der Waals surface area contributed by atoms with E-state index in [-0.39, 0.29) is 17.9 Å². The van der Waals surface area contributed by atoms with Crippen molar-refractivity contribution in [3.8, 4) is 0 Å². The quantitative estimate of drug-likeness (QED) is 0.657. The van der Waals surface area contributed by atoms with E-state index in [1.807, 2.05) is 6.92 Å². The van der Waals surface area contributed by atoms with E-state index in [0.717, 1.165) is 6.42 Å². The zero-order valence-corrected chi connectivity index (χ0v) is 8.94. The standard InChI is InChI=1S/C10H20N2O2/c1-3-8-6-12(5-4-9(8)13)10(14)7(2)11/h7-9,13H,3-6,11H2,1-2H3/t7-,8+,9+/m0/s1. The molecule has 4 heteroatoms.